The third-order valence-electron chi connectivity index (χ3n) is 6.01. The van der Waals surface area contributed by atoms with Gasteiger partial charge in [0.1, 0.15) is 5.82 Å². The Hall–Kier alpha value is -2.86. The van der Waals surface area contributed by atoms with E-state index in [1.807, 2.05) is 36.1 Å². The highest BCUT2D eigenvalue weighted by atomic mass is 35.5. The first-order chi connectivity index (χ1) is 15.5. The topological polar surface area (TPSA) is 67.2 Å². The summed E-state index contributed by atoms with van der Waals surface area (Å²) in [6, 6.07) is 14.4. The molecule has 1 unspecified atom stereocenters. The van der Waals surface area contributed by atoms with Crippen LogP contribution in [0.3, 0.4) is 0 Å². The van der Waals surface area contributed by atoms with Gasteiger partial charge in [0.2, 0.25) is 5.91 Å². The summed E-state index contributed by atoms with van der Waals surface area (Å²) in [5.41, 5.74) is 2.33. The van der Waals surface area contributed by atoms with Gasteiger partial charge in [-0.2, -0.15) is 0 Å². The number of fused-ring (bicyclic) bond motifs is 1. The van der Waals surface area contributed by atoms with Crippen LogP contribution in [-0.2, 0) is 11.3 Å². The van der Waals surface area contributed by atoms with E-state index >= 15 is 0 Å². The van der Waals surface area contributed by atoms with Crippen molar-refractivity contribution in [2.45, 2.75) is 51.6 Å². The highest BCUT2D eigenvalue weighted by Crippen LogP contribution is 2.22. The maximum Gasteiger partial charge on any atom is 0.251 e. The van der Waals surface area contributed by atoms with Crippen LogP contribution >= 0.6 is 11.6 Å². The van der Waals surface area contributed by atoms with Gasteiger partial charge in [-0.15, -0.1) is 0 Å². The van der Waals surface area contributed by atoms with Crippen LogP contribution in [0, 0.1) is 0 Å². The number of imidazole rings is 1. The van der Waals surface area contributed by atoms with Crippen molar-refractivity contribution in [1.82, 2.24) is 19.8 Å². The molecule has 1 aliphatic heterocycles. The number of likely N-dealkylation sites (tertiary alicyclic amines) is 1. The molecule has 1 N–H and O–H groups in total. The van der Waals surface area contributed by atoms with Gasteiger partial charge in [-0.3, -0.25) is 9.59 Å². The molecule has 0 spiro atoms. The number of hydrogen-bond donors (Lipinski definition) is 1. The fourth-order valence-corrected chi connectivity index (χ4v) is 4.51. The van der Waals surface area contributed by atoms with E-state index < -0.39 is 0 Å². The van der Waals surface area contributed by atoms with Crippen LogP contribution in [0.15, 0.2) is 48.5 Å². The average Bonchev–Trinajstić information content (AvgIpc) is 2.95. The fourth-order valence-electron chi connectivity index (χ4n) is 4.32. The molecule has 0 radical (unpaired) electrons. The molecule has 7 heteroatoms. The molecule has 3 aromatic rings. The number of amides is 2. The summed E-state index contributed by atoms with van der Waals surface area (Å²) >= 11 is 6.03. The van der Waals surface area contributed by atoms with Crippen LogP contribution in [-0.4, -0.2) is 39.4 Å². The number of aromatic nitrogens is 2. The Morgan fingerprint density at radius 3 is 2.56 bits per heavy atom. The molecule has 4 rings (SSSR count). The maximum atomic E-state index is 12.9. The Morgan fingerprint density at radius 1 is 1.06 bits per heavy atom. The van der Waals surface area contributed by atoms with Crippen LogP contribution in [0.5, 0.6) is 0 Å². The zero-order valence-electron chi connectivity index (χ0n) is 18.4. The molecule has 1 saturated heterocycles. The first-order valence-corrected chi connectivity index (χ1v) is 11.7. The molecule has 2 aromatic carbocycles. The van der Waals surface area contributed by atoms with Gasteiger partial charge in [0.15, 0.2) is 0 Å². The summed E-state index contributed by atoms with van der Waals surface area (Å²) in [4.78, 5) is 32.4. The van der Waals surface area contributed by atoms with E-state index in [0.29, 0.717) is 23.6 Å². The van der Waals surface area contributed by atoms with Crippen LogP contribution < -0.4 is 5.32 Å². The van der Waals surface area contributed by atoms with Crippen molar-refractivity contribution in [2.75, 3.05) is 13.1 Å². The monoisotopic (exact) mass is 452 g/mol. The zero-order chi connectivity index (χ0) is 22.5. The number of carbonyl (C=O) groups excluding carboxylic acids is 2. The lowest BCUT2D eigenvalue weighted by Crippen LogP contribution is -2.33. The van der Waals surface area contributed by atoms with Crippen molar-refractivity contribution < 1.29 is 9.59 Å². The second kappa shape index (κ2) is 10.2. The van der Waals surface area contributed by atoms with E-state index in [9.17, 15) is 9.59 Å². The molecule has 1 fully saturated rings. The van der Waals surface area contributed by atoms with Gasteiger partial charge >= 0.3 is 0 Å². The number of halogens is 1. The third-order valence-corrected chi connectivity index (χ3v) is 6.25. The van der Waals surface area contributed by atoms with Crippen LogP contribution in [0.25, 0.3) is 11.0 Å². The van der Waals surface area contributed by atoms with E-state index in [4.69, 9.17) is 16.6 Å². The van der Waals surface area contributed by atoms with E-state index in [2.05, 4.69) is 9.88 Å². The smallest absolute Gasteiger partial charge is 0.251 e. The lowest BCUT2D eigenvalue weighted by atomic mass is 10.2. The Kier molecular flexibility index (Phi) is 7.10. The molecule has 1 atom stereocenters. The van der Waals surface area contributed by atoms with E-state index in [0.717, 1.165) is 42.8 Å². The first kappa shape index (κ1) is 22.3. The summed E-state index contributed by atoms with van der Waals surface area (Å²) in [6.07, 6.45) is 4.98. The van der Waals surface area contributed by atoms with Crippen molar-refractivity contribution in [3.05, 3.63) is 64.9 Å². The van der Waals surface area contributed by atoms with E-state index in [1.54, 1.807) is 24.3 Å². The minimum atomic E-state index is -0.331. The number of aryl methyl sites for hydroxylation is 1. The van der Waals surface area contributed by atoms with Crippen molar-refractivity contribution in [3.8, 4) is 0 Å². The maximum absolute atomic E-state index is 12.9. The molecule has 0 aliphatic carbocycles. The molecule has 2 heterocycles. The van der Waals surface area contributed by atoms with Crippen molar-refractivity contribution in [3.63, 3.8) is 0 Å². The van der Waals surface area contributed by atoms with Crippen molar-refractivity contribution >= 4 is 34.4 Å². The summed E-state index contributed by atoms with van der Waals surface area (Å²) in [7, 11) is 0. The van der Waals surface area contributed by atoms with E-state index in [-0.39, 0.29) is 17.9 Å². The van der Waals surface area contributed by atoms with Gasteiger partial charge in [-0.25, -0.2) is 4.98 Å². The summed E-state index contributed by atoms with van der Waals surface area (Å²) < 4.78 is 2.06. The Morgan fingerprint density at radius 2 is 1.81 bits per heavy atom. The van der Waals surface area contributed by atoms with Gasteiger partial charge in [-0.05, 0) is 50.1 Å². The number of hydrogen-bond acceptors (Lipinski definition) is 3. The number of nitrogens with zero attached hydrogens (tertiary/aromatic N) is 3. The van der Waals surface area contributed by atoms with Gasteiger partial charge in [0.25, 0.3) is 5.91 Å². The van der Waals surface area contributed by atoms with Crippen LogP contribution in [0.2, 0.25) is 5.02 Å². The summed E-state index contributed by atoms with van der Waals surface area (Å²) in [5.74, 6) is 0.718. The second-order valence-electron chi connectivity index (χ2n) is 8.36. The largest absolute Gasteiger partial charge is 0.343 e. The number of para-hydroxylation sites is 2. The molecule has 32 heavy (non-hydrogen) atoms. The Labute approximate surface area is 193 Å². The van der Waals surface area contributed by atoms with Gasteiger partial charge < -0.3 is 14.8 Å². The Bertz CT molecular complexity index is 1100. The summed E-state index contributed by atoms with van der Waals surface area (Å²) in [5, 5.41) is 3.54. The van der Waals surface area contributed by atoms with Crippen LogP contribution in [0.1, 0.15) is 61.3 Å². The molecular weight excluding hydrogens is 424 g/mol. The molecule has 0 saturated carbocycles. The lowest BCUT2D eigenvalue weighted by molar-refractivity contribution is -0.131. The zero-order valence-corrected chi connectivity index (χ0v) is 19.1. The van der Waals surface area contributed by atoms with Gasteiger partial charge in [0, 0.05) is 36.6 Å². The van der Waals surface area contributed by atoms with E-state index in [1.165, 1.54) is 12.8 Å². The molecule has 6 nitrogen and oxygen atoms in total. The molecule has 0 bridgehead atoms. The minimum absolute atomic E-state index is 0.186. The third kappa shape index (κ3) is 5.13. The predicted octanol–water partition coefficient (Wildman–Crippen LogP) is 4.97. The number of benzene rings is 2. The molecule has 168 valence electrons. The standard InChI is InChI=1S/C25H29ClN4O2/c1-18(27-25(32)19-9-8-10-20(26)17-19)24-28-21-11-4-5-12-22(21)30(24)16-13-23(31)29-14-6-2-3-7-15-29/h4-5,8-12,17-18H,2-3,6-7,13-16H2,1H3,(H,27,32). The van der Waals surface area contributed by atoms with Gasteiger partial charge in [-0.1, -0.05) is 42.6 Å². The molecular formula is C25H29ClN4O2. The SMILES string of the molecule is CC(NC(=O)c1cccc(Cl)c1)c1nc2ccccc2n1CCC(=O)N1CCCCCC1. The normalized spacial score (nSPS) is 15.4. The number of rotatable bonds is 6. The second-order valence-corrected chi connectivity index (χ2v) is 8.80. The van der Waals surface area contributed by atoms with Gasteiger partial charge in [0.05, 0.1) is 17.1 Å². The molecule has 1 aromatic heterocycles. The van der Waals surface area contributed by atoms with Crippen molar-refractivity contribution in [1.29, 1.82) is 0 Å². The number of nitrogens with one attached hydrogen (secondary N) is 1. The van der Waals surface area contributed by atoms with Crippen LogP contribution in [0.4, 0.5) is 0 Å². The number of carbonyl (C=O) groups is 2. The first-order valence-electron chi connectivity index (χ1n) is 11.3. The highest BCUT2D eigenvalue weighted by molar-refractivity contribution is 6.30. The predicted molar refractivity (Wildman–Crippen MR) is 127 cm³/mol. The minimum Gasteiger partial charge on any atom is -0.343 e. The molecule has 2 amide bonds. The average molecular weight is 453 g/mol. The quantitative estimate of drug-likeness (QED) is 0.574. The highest BCUT2D eigenvalue weighted by Gasteiger charge is 2.21. The van der Waals surface area contributed by atoms with Crippen molar-refractivity contribution in [2.24, 2.45) is 0 Å². The summed E-state index contributed by atoms with van der Waals surface area (Å²) in [6.45, 7) is 4.14. The fraction of sp³-hybridized carbons (Fsp3) is 0.400. The Balaban J connectivity index is 1.53. The lowest BCUT2D eigenvalue weighted by Gasteiger charge is -2.21. The molecule has 1 aliphatic rings.